The van der Waals surface area contributed by atoms with Crippen LogP contribution in [0, 0.1) is 0 Å². The minimum absolute atomic E-state index is 0.278. The van der Waals surface area contributed by atoms with Crippen molar-refractivity contribution in [2.75, 3.05) is 17.2 Å². The maximum Gasteiger partial charge on any atom is 0.332 e. The first-order valence-corrected chi connectivity index (χ1v) is 6.69. The highest BCUT2D eigenvalue weighted by Crippen LogP contribution is 2.26. The second-order valence-electron chi connectivity index (χ2n) is 5.07. The number of carbonyl (C=O) groups is 2. The number of amides is 1. The first-order valence-electron chi connectivity index (χ1n) is 6.69. The van der Waals surface area contributed by atoms with Gasteiger partial charge in [0.2, 0.25) is 0 Å². The monoisotopic (exact) mass is 276 g/mol. The summed E-state index contributed by atoms with van der Waals surface area (Å²) < 4.78 is 5.23. The lowest BCUT2D eigenvalue weighted by Gasteiger charge is -2.12. The summed E-state index contributed by atoms with van der Waals surface area (Å²) in [6.45, 7) is 0.915. The molecule has 3 N–H and O–H groups in total. The van der Waals surface area contributed by atoms with Crippen molar-refractivity contribution < 1.29 is 19.4 Å². The number of hydrogen-bond donors (Lipinski definition) is 3. The van der Waals surface area contributed by atoms with E-state index in [0.717, 1.165) is 24.3 Å². The SMILES string of the molecule is O=C(O)[C@@H]1CC[C@H](C(=O)Nc2ccc3c(c2)CCN3)O1. The second-order valence-corrected chi connectivity index (χ2v) is 5.07. The van der Waals surface area contributed by atoms with Gasteiger partial charge in [-0.3, -0.25) is 4.79 Å². The van der Waals surface area contributed by atoms with Gasteiger partial charge in [-0.1, -0.05) is 0 Å². The van der Waals surface area contributed by atoms with E-state index in [2.05, 4.69) is 10.6 Å². The third-order valence-corrected chi connectivity index (χ3v) is 3.67. The van der Waals surface area contributed by atoms with Crippen LogP contribution in [0.5, 0.6) is 0 Å². The predicted octanol–water partition coefficient (Wildman–Crippen LogP) is 1.23. The summed E-state index contributed by atoms with van der Waals surface area (Å²) in [5, 5.41) is 14.9. The molecule has 6 nitrogen and oxygen atoms in total. The zero-order chi connectivity index (χ0) is 14.1. The molecular formula is C14H16N2O4. The third-order valence-electron chi connectivity index (χ3n) is 3.67. The number of aliphatic carboxylic acids is 1. The summed E-state index contributed by atoms with van der Waals surface area (Å²) >= 11 is 0. The molecular weight excluding hydrogens is 260 g/mol. The Kier molecular flexibility index (Phi) is 3.31. The summed E-state index contributed by atoms with van der Waals surface area (Å²) in [7, 11) is 0. The maximum atomic E-state index is 12.0. The molecule has 2 atom stereocenters. The lowest BCUT2D eigenvalue weighted by molar-refractivity contribution is -0.150. The smallest absolute Gasteiger partial charge is 0.332 e. The fourth-order valence-corrected chi connectivity index (χ4v) is 2.62. The molecule has 1 aromatic carbocycles. The van der Waals surface area contributed by atoms with E-state index >= 15 is 0 Å². The van der Waals surface area contributed by atoms with Crippen LogP contribution >= 0.6 is 0 Å². The average molecular weight is 276 g/mol. The Morgan fingerprint density at radius 3 is 2.85 bits per heavy atom. The molecule has 2 heterocycles. The number of anilines is 2. The molecule has 0 radical (unpaired) electrons. The molecule has 6 heteroatoms. The zero-order valence-electron chi connectivity index (χ0n) is 10.9. The molecule has 2 aliphatic rings. The van der Waals surface area contributed by atoms with Crippen LogP contribution < -0.4 is 10.6 Å². The van der Waals surface area contributed by atoms with Crippen LogP contribution in [0.4, 0.5) is 11.4 Å². The highest BCUT2D eigenvalue weighted by atomic mass is 16.5. The van der Waals surface area contributed by atoms with Crippen LogP contribution in [0.3, 0.4) is 0 Å². The first-order chi connectivity index (χ1) is 9.63. The van der Waals surface area contributed by atoms with Crippen molar-refractivity contribution in [1.82, 2.24) is 0 Å². The number of carboxylic acids is 1. The van der Waals surface area contributed by atoms with Gasteiger partial charge < -0.3 is 20.5 Å². The van der Waals surface area contributed by atoms with E-state index in [1.165, 1.54) is 5.56 Å². The summed E-state index contributed by atoms with van der Waals surface area (Å²) in [5.74, 6) is -1.29. The first kappa shape index (κ1) is 12.9. The topological polar surface area (TPSA) is 87.7 Å². The van der Waals surface area contributed by atoms with E-state index in [0.29, 0.717) is 12.8 Å². The molecule has 2 aliphatic heterocycles. The number of benzene rings is 1. The number of ether oxygens (including phenoxy) is 1. The van der Waals surface area contributed by atoms with Gasteiger partial charge in [0.15, 0.2) is 6.10 Å². The zero-order valence-corrected chi connectivity index (χ0v) is 10.9. The van der Waals surface area contributed by atoms with Crippen LogP contribution in [-0.4, -0.2) is 35.7 Å². The molecule has 0 aliphatic carbocycles. The number of nitrogens with one attached hydrogen (secondary N) is 2. The van der Waals surface area contributed by atoms with Gasteiger partial charge in [-0.15, -0.1) is 0 Å². The van der Waals surface area contributed by atoms with Crippen molar-refractivity contribution in [3.63, 3.8) is 0 Å². The molecule has 1 aromatic rings. The summed E-state index contributed by atoms with van der Waals surface area (Å²) in [6.07, 6.45) is 0.217. The average Bonchev–Trinajstić information content (AvgIpc) is 3.07. The Labute approximate surface area is 116 Å². The van der Waals surface area contributed by atoms with Crippen molar-refractivity contribution in [3.05, 3.63) is 23.8 Å². The summed E-state index contributed by atoms with van der Waals surface area (Å²) in [6, 6.07) is 5.71. The van der Waals surface area contributed by atoms with E-state index in [1.807, 2.05) is 18.2 Å². The number of hydrogen-bond acceptors (Lipinski definition) is 4. The van der Waals surface area contributed by atoms with Gasteiger partial charge in [-0.2, -0.15) is 0 Å². The van der Waals surface area contributed by atoms with E-state index in [4.69, 9.17) is 9.84 Å². The molecule has 20 heavy (non-hydrogen) atoms. The van der Waals surface area contributed by atoms with Gasteiger partial charge in [0.25, 0.3) is 5.91 Å². The Balaban J connectivity index is 1.63. The lowest BCUT2D eigenvalue weighted by atomic mass is 10.1. The normalized spacial score (nSPS) is 24.0. The van der Waals surface area contributed by atoms with Gasteiger partial charge in [0, 0.05) is 17.9 Å². The second kappa shape index (κ2) is 5.13. The molecule has 3 rings (SSSR count). The Morgan fingerprint density at radius 2 is 2.10 bits per heavy atom. The van der Waals surface area contributed by atoms with Crippen molar-refractivity contribution in [2.24, 2.45) is 0 Å². The predicted molar refractivity (Wildman–Crippen MR) is 72.8 cm³/mol. The van der Waals surface area contributed by atoms with Crippen molar-refractivity contribution in [3.8, 4) is 0 Å². The highest BCUT2D eigenvalue weighted by Gasteiger charge is 2.34. The van der Waals surface area contributed by atoms with Gasteiger partial charge in [-0.25, -0.2) is 4.79 Å². The molecule has 0 spiro atoms. The maximum absolute atomic E-state index is 12.0. The van der Waals surface area contributed by atoms with Crippen molar-refractivity contribution >= 4 is 23.3 Å². The molecule has 0 aromatic heterocycles. The molecule has 1 fully saturated rings. The number of carboxylic acid groups (broad SMARTS) is 1. The standard InChI is InChI=1S/C14H16N2O4/c17-13(11-3-4-12(20-11)14(18)19)16-9-1-2-10-8(7-9)5-6-15-10/h1-2,7,11-12,15H,3-6H2,(H,16,17)(H,18,19)/t11-,12+/m1/s1. The number of rotatable bonds is 3. The fraction of sp³-hybridized carbons (Fsp3) is 0.429. The molecule has 0 bridgehead atoms. The van der Waals surface area contributed by atoms with Crippen molar-refractivity contribution in [1.29, 1.82) is 0 Å². The Bertz CT molecular complexity index is 558. The van der Waals surface area contributed by atoms with Crippen LogP contribution in [0.15, 0.2) is 18.2 Å². The fourth-order valence-electron chi connectivity index (χ4n) is 2.62. The minimum atomic E-state index is -1.01. The van der Waals surface area contributed by atoms with E-state index in [9.17, 15) is 9.59 Å². The van der Waals surface area contributed by atoms with Crippen LogP contribution in [-0.2, 0) is 20.7 Å². The van der Waals surface area contributed by atoms with E-state index < -0.39 is 18.2 Å². The summed E-state index contributed by atoms with van der Waals surface area (Å²) in [4.78, 5) is 22.8. The number of carbonyl (C=O) groups excluding carboxylic acids is 1. The van der Waals surface area contributed by atoms with Crippen LogP contribution in [0.25, 0.3) is 0 Å². The Morgan fingerprint density at radius 1 is 1.30 bits per heavy atom. The minimum Gasteiger partial charge on any atom is -0.479 e. The van der Waals surface area contributed by atoms with Crippen LogP contribution in [0.2, 0.25) is 0 Å². The largest absolute Gasteiger partial charge is 0.479 e. The van der Waals surface area contributed by atoms with E-state index in [1.54, 1.807) is 0 Å². The quantitative estimate of drug-likeness (QED) is 0.772. The van der Waals surface area contributed by atoms with Gasteiger partial charge in [-0.05, 0) is 43.0 Å². The summed E-state index contributed by atoms with van der Waals surface area (Å²) in [5.41, 5.74) is 3.00. The molecule has 106 valence electrons. The van der Waals surface area contributed by atoms with Gasteiger partial charge in [0.1, 0.15) is 6.10 Å². The van der Waals surface area contributed by atoms with Gasteiger partial charge >= 0.3 is 5.97 Å². The third kappa shape index (κ3) is 2.46. The van der Waals surface area contributed by atoms with Gasteiger partial charge in [0.05, 0.1) is 0 Å². The number of fused-ring (bicyclic) bond motifs is 1. The van der Waals surface area contributed by atoms with Crippen LogP contribution in [0.1, 0.15) is 18.4 Å². The Hall–Kier alpha value is -2.08. The molecule has 0 saturated carbocycles. The van der Waals surface area contributed by atoms with Crippen molar-refractivity contribution in [2.45, 2.75) is 31.5 Å². The lowest BCUT2D eigenvalue weighted by Crippen LogP contribution is -2.29. The molecule has 1 amide bonds. The molecule has 1 saturated heterocycles. The molecule has 0 unspecified atom stereocenters. The highest BCUT2D eigenvalue weighted by molar-refractivity contribution is 5.95. The van der Waals surface area contributed by atoms with E-state index in [-0.39, 0.29) is 5.91 Å².